The number of methoxy groups -OCH3 is 1. The Bertz CT molecular complexity index is 813. The lowest BCUT2D eigenvalue weighted by Crippen LogP contribution is -2.45. The van der Waals surface area contributed by atoms with Gasteiger partial charge in [0.15, 0.2) is 11.5 Å². The third-order valence-electron chi connectivity index (χ3n) is 4.76. The van der Waals surface area contributed by atoms with E-state index in [1.165, 1.54) is 20.0 Å². The van der Waals surface area contributed by atoms with Crippen LogP contribution < -0.4 is 10.2 Å². The van der Waals surface area contributed by atoms with Crippen LogP contribution in [0.4, 0.5) is 5.82 Å². The van der Waals surface area contributed by atoms with Crippen molar-refractivity contribution in [3.8, 4) is 0 Å². The summed E-state index contributed by atoms with van der Waals surface area (Å²) in [7, 11) is 1.32. The summed E-state index contributed by atoms with van der Waals surface area (Å²) in [5.41, 5.74) is 0.656. The molecule has 2 aromatic heterocycles. The van der Waals surface area contributed by atoms with E-state index < -0.39 is 12.0 Å². The summed E-state index contributed by atoms with van der Waals surface area (Å²) >= 11 is 0. The van der Waals surface area contributed by atoms with Gasteiger partial charge in [-0.25, -0.2) is 4.79 Å². The second-order valence-corrected chi connectivity index (χ2v) is 7.08. The number of rotatable bonds is 7. The lowest BCUT2D eigenvalue weighted by atomic mass is 10.0. The summed E-state index contributed by atoms with van der Waals surface area (Å²) in [5, 5.41) is 15.7. The third-order valence-corrected chi connectivity index (χ3v) is 4.76. The number of anilines is 1. The highest BCUT2D eigenvalue weighted by Crippen LogP contribution is 2.18. The standard InChI is InChI=1S/C18H26N6O3/c1-12(2)17(18(26)27-3)19-16(25)9-8-14-21-20-13-6-7-15(22-24(13)14)23-10-4-5-11-23/h6-7,12,17H,4-5,8-11H2,1-3H3,(H,19,25)/t17-/m0/s1. The van der Waals surface area contributed by atoms with Crippen LogP contribution in [0.1, 0.15) is 38.9 Å². The molecule has 0 radical (unpaired) electrons. The van der Waals surface area contributed by atoms with Crippen LogP contribution in [0.5, 0.6) is 0 Å². The van der Waals surface area contributed by atoms with Gasteiger partial charge in [-0.2, -0.15) is 4.52 Å². The minimum atomic E-state index is -0.655. The molecule has 0 aromatic carbocycles. The molecule has 9 nitrogen and oxygen atoms in total. The molecule has 1 fully saturated rings. The van der Waals surface area contributed by atoms with E-state index in [0.29, 0.717) is 17.9 Å². The first kappa shape index (κ1) is 19.1. The SMILES string of the molecule is COC(=O)[C@@H](NC(=O)CCc1nnc2ccc(N3CCCC3)nn12)C(C)C. The highest BCUT2D eigenvalue weighted by atomic mass is 16.5. The monoisotopic (exact) mass is 374 g/mol. The fourth-order valence-corrected chi connectivity index (χ4v) is 3.19. The normalized spacial score (nSPS) is 15.3. The van der Waals surface area contributed by atoms with Gasteiger partial charge in [0.2, 0.25) is 5.91 Å². The van der Waals surface area contributed by atoms with E-state index >= 15 is 0 Å². The maximum absolute atomic E-state index is 12.3. The van der Waals surface area contributed by atoms with Crippen LogP contribution in [-0.4, -0.2) is 57.9 Å². The summed E-state index contributed by atoms with van der Waals surface area (Å²) in [6.07, 6.45) is 2.92. The zero-order chi connectivity index (χ0) is 19.4. The number of hydrogen-bond acceptors (Lipinski definition) is 7. The molecule has 0 aliphatic carbocycles. The molecule has 9 heteroatoms. The molecule has 2 aromatic rings. The van der Waals surface area contributed by atoms with Gasteiger partial charge < -0.3 is 15.0 Å². The topological polar surface area (TPSA) is 102 Å². The zero-order valence-corrected chi connectivity index (χ0v) is 16.0. The number of esters is 1. The maximum Gasteiger partial charge on any atom is 0.328 e. The van der Waals surface area contributed by atoms with Crippen molar-refractivity contribution in [2.24, 2.45) is 5.92 Å². The van der Waals surface area contributed by atoms with Crippen LogP contribution in [0.15, 0.2) is 12.1 Å². The molecule has 0 bridgehead atoms. The number of carbonyl (C=O) groups is 2. The van der Waals surface area contributed by atoms with Crippen molar-refractivity contribution in [2.75, 3.05) is 25.1 Å². The van der Waals surface area contributed by atoms with Crippen molar-refractivity contribution >= 4 is 23.3 Å². The molecule has 27 heavy (non-hydrogen) atoms. The van der Waals surface area contributed by atoms with Gasteiger partial charge in [-0.1, -0.05) is 13.8 Å². The quantitative estimate of drug-likeness (QED) is 0.721. The van der Waals surface area contributed by atoms with Gasteiger partial charge in [-0.05, 0) is 30.9 Å². The molecule has 3 heterocycles. The molecular formula is C18H26N6O3. The molecule has 1 amide bonds. The molecule has 0 saturated carbocycles. The first-order chi connectivity index (χ1) is 13.0. The number of fused-ring (bicyclic) bond motifs is 1. The Morgan fingerprint density at radius 3 is 2.63 bits per heavy atom. The van der Waals surface area contributed by atoms with E-state index in [2.05, 4.69) is 25.5 Å². The van der Waals surface area contributed by atoms with E-state index in [4.69, 9.17) is 4.74 Å². The molecule has 1 saturated heterocycles. The van der Waals surface area contributed by atoms with E-state index in [9.17, 15) is 9.59 Å². The predicted octanol–water partition coefficient (Wildman–Crippen LogP) is 0.971. The molecule has 1 aliphatic heterocycles. The van der Waals surface area contributed by atoms with Gasteiger partial charge in [0.25, 0.3) is 0 Å². The van der Waals surface area contributed by atoms with Crippen molar-refractivity contribution in [3.05, 3.63) is 18.0 Å². The van der Waals surface area contributed by atoms with Crippen molar-refractivity contribution in [3.63, 3.8) is 0 Å². The second-order valence-electron chi connectivity index (χ2n) is 7.08. The first-order valence-corrected chi connectivity index (χ1v) is 9.33. The summed E-state index contributed by atoms with van der Waals surface area (Å²) in [6.45, 7) is 5.72. The number of aromatic nitrogens is 4. The molecule has 1 aliphatic rings. The lowest BCUT2D eigenvalue weighted by molar-refractivity contribution is -0.146. The van der Waals surface area contributed by atoms with Gasteiger partial charge in [0.1, 0.15) is 11.9 Å². The Balaban J connectivity index is 1.66. The van der Waals surface area contributed by atoms with Gasteiger partial charge >= 0.3 is 5.97 Å². The fraction of sp³-hybridized carbons (Fsp3) is 0.611. The minimum Gasteiger partial charge on any atom is -0.467 e. The fourth-order valence-electron chi connectivity index (χ4n) is 3.19. The Morgan fingerprint density at radius 2 is 1.96 bits per heavy atom. The summed E-state index contributed by atoms with van der Waals surface area (Å²) in [5.74, 6) is 0.797. The van der Waals surface area contributed by atoms with E-state index in [1.807, 2.05) is 26.0 Å². The van der Waals surface area contributed by atoms with E-state index in [0.717, 1.165) is 18.9 Å². The molecule has 3 rings (SSSR count). The third kappa shape index (κ3) is 4.35. The summed E-state index contributed by atoms with van der Waals surface area (Å²) in [6, 6.07) is 3.19. The van der Waals surface area contributed by atoms with Gasteiger partial charge in [0.05, 0.1) is 7.11 Å². The Kier molecular flexibility index (Phi) is 5.88. The van der Waals surface area contributed by atoms with Crippen LogP contribution >= 0.6 is 0 Å². The smallest absolute Gasteiger partial charge is 0.328 e. The Morgan fingerprint density at radius 1 is 1.22 bits per heavy atom. The van der Waals surface area contributed by atoms with Crippen molar-refractivity contribution in [1.82, 2.24) is 25.1 Å². The predicted molar refractivity (Wildman–Crippen MR) is 99.3 cm³/mol. The minimum absolute atomic E-state index is 0.0555. The van der Waals surface area contributed by atoms with Gasteiger partial charge in [-0.3, -0.25) is 4.79 Å². The molecular weight excluding hydrogens is 348 g/mol. The summed E-state index contributed by atoms with van der Waals surface area (Å²) < 4.78 is 6.45. The van der Waals surface area contributed by atoms with Crippen molar-refractivity contribution in [2.45, 2.75) is 45.6 Å². The van der Waals surface area contributed by atoms with Gasteiger partial charge in [-0.15, -0.1) is 15.3 Å². The molecule has 0 unspecified atom stereocenters. The number of carbonyl (C=O) groups excluding carboxylic acids is 2. The van der Waals surface area contributed by atoms with Crippen LogP contribution in [0.2, 0.25) is 0 Å². The summed E-state index contributed by atoms with van der Waals surface area (Å²) in [4.78, 5) is 26.3. The Labute approximate surface area is 158 Å². The van der Waals surface area contributed by atoms with Crippen LogP contribution in [0.3, 0.4) is 0 Å². The number of aryl methyl sites for hydroxylation is 1. The van der Waals surface area contributed by atoms with E-state index in [1.54, 1.807) is 4.52 Å². The lowest BCUT2D eigenvalue weighted by Gasteiger charge is -2.19. The highest BCUT2D eigenvalue weighted by molar-refractivity contribution is 5.84. The van der Waals surface area contributed by atoms with Crippen LogP contribution in [-0.2, 0) is 20.7 Å². The average Bonchev–Trinajstić information content (AvgIpc) is 3.33. The number of amides is 1. The molecule has 146 valence electrons. The number of ether oxygens (including phenoxy) is 1. The largest absolute Gasteiger partial charge is 0.467 e. The molecule has 1 atom stereocenters. The number of nitrogens with zero attached hydrogens (tertiary/aromatic N) is 5. The average molecular weight is 374 g/mol. The van der Waals surface area contributed by atoms with Crippen molar-refractivity contribution < 1.29 is 14.3 Å². The van der Waals surface area contributed by atoms with Gasteiger partial charge in [0, 0.05) is 25.9 Å². The van der Waals surface area contributed by atoms with Crippen LogP contribution in [0.25, 0.3) is 5.65 Å². The van der Waals surface area contributed by atoms with E-state index in [-0.39, 0.29) is 18.2 Å². The first-order valence-electron chi connectivity index (χ1n) is 9.33. The molecule has 1 N–H and O–H groups in total. The Hall–Kier alpha value is -2.71. The molecule has 0 spiro atoms. The number of hydrogen-bond donors (Lipinski definition) is 1. The maximum atomic E-state index is 12.3. The second kappa shape index (κ2) is 8.32. The van der Waals surface area contributed by atoms with Crippen molar-refractivity contribution in [1.29, 1.82) is 0 Å². The highest BCUT2D eigenvalue weighted by Gasteiger charge is 2.25. The van der Waals surface area contributed by atoms with Crippen LogP contribution in [0, 0.1) is 5.92 Å². The number of nitrogens with one attached hydrogen (secondary N) is 1. The zero-order valence-electron chi connectivity index (χ0n) is 16.0.